The van der Waals surface area contributed by atoms with Gasteiger partial charge < -0.3 is 19.7 Å². The zero-order valence-corrected chi connectivity index (χ0v) is 13.5. The second kappa shape index (κ2) is 6.01. The maximum absolute atomic E-state index is 9.83. The van der Waals surface area contributed by atoms with E-state index in [4.69, 9.17) is 9.47 Å². The van der Waals surface area contributed by atoms with Crippen LogP contribution >= 0.6 is 0 Å². The predicted molar refractivity (Wildman–Crippen MR) is 87.5 cm³/mol. The van der Waals surface area contributed by atoms with E-state index >= 15 is 0 Å². The molecule has 0 aromatic heterocycles. The van der Waals surface area contributed by atoms with Crippen molar-refractivity contribution < 1.29 is 19.7 Å². The third kappa shape index (κ3) is 2.68. The highest BCUT2D eigenvalue weighted by Crippen LogP contribution is 2.41. The number of benzene rings is 2. The number of nitrogens with zero attached hydrogens (tertiary/aromatic N) is 1. The summed E-state index contributed by atoms with van der Waals surface area (Å²) in [6.07, 6.45) is 0.923. The van der Waals surface area contributed by atoms with Crippen molar-refractivity contribution in [2.75, 3.05) is 27.8 Å². The molecule has 0 radical (unpaired) electrons. The lowest BCUT2D eigenvalue weighted by atomic mass is 9.88. The smallest absolute Gasteiger partial charge is 0.161 e. The fourth-order valence-corrected chi connectivity index (χ4v) is 3.22. The van der Waals surface area contributed by atoms with Crippen LogP contribution in [0.2, 0.25) is 0 Å². The molecule has 5 nitrogen and oxygen atoms in total. The fraction of sp³-hybridized carbons (Fsp3) is 0.333. The summed E-state index contributed by atoms with van der Waals surface area (Å²) in [5.41, 5.74) is 3.26. The lowest BCUT2D eigenvalue weighted by Crippen LogP contribution is -2.32. The molecule has 0 aliphatic carbocycles. The van der Waals surface area contributed by atoms with E-state index in [1.54, 1.807) is 20.3 Å². The van der Waals surface area contributed by atoms with E-state index in [1.807, 2.05) is 25.2 Å². The summed E-state index contributed by atoms with van der Waals surface area (Å²) in [7, 11) is 5.31. The van der Waals surface area contributed by atoms with Crippen molar-refractivity contribution in [2.24, 2.45) is 0 Å². The van der Waals surface area contributed by atoms with Crippen molar-refractivity contribution in [1.29, 1.82) is 0 Å². The summed E-state index contributed by atoms with van der Waals surface area (Å²) >= 11 is 0. The molecule has 2 N–H and O–H groups in total. The van der Waals surface area contributed by atoms with E-state index in [-0.39, 0.29) is 17.5 Å². The molecule has 1 heterocycles. The van der Waals surface area contributed by atoms with Gasteiger partial charge >= 0.3 is 0 Å². The molecule has 0 amide bonds. The number of aromatic hydroxyl groups is 2. The van der Waals surface area contributed by atoms with E-state index in [0.717, 1.165) is 29.8 Å². The van der Waals surface area contributed by atoms with Crippen LogP contribution in [0.25, 0.3) is 0 Å². The van der Waals surface area contributed by atoms with Crippen LogP contribution < -0.4 is 9.47 Å². The van der Waals surface area contributed by atoms with Crippen LogP contribution in [0.15, 0.2) is 30.3 Å². The molecule has 2 aromatic rings. The Balaban J connectivity index is 2.13. The van der Waals surface area contributed by atoms with E-state index in [0.29, 0.717) is 5.75 Å². The van der Waals surface area contributed by atoms with Gasteiger partial charge in [0.2, 0.25) is 0 Å². The van der Waals surface area contributed by atoms with Gasteiger partial charge in [-0.05, 0) is 54.4 Å². The van der Waals surface area contributed by atoms with Gasteiger partial charge in [0.25, 0.3) is 0 Å². The van der Waals surface area contributed by atoms with Crippen LogP contribution in [0.5, 0.6) is 23.0 Å². The minimum Gasteiger partial charge on any atom is -0.504 e. The van der Waals surface area contributed by atoms with Crippen LogP contribution in [0.4, 0.5) is 0 Å². The molecule has 5 heteroatoms. The van der Waals surface area contributed by atoms with Gasteiger partial charge in [0.05, 0.1) is 20.3 Å². The Morgan fingerprint density at radius 1 is 1.00 bits per heavy atom. The number of ether oxygens (including phenoxy) is 2. The molecule has 1 atom stereocenters. The van der Waals surface area contributed by atoms with Gasteiger partial charge in [0.1, 0.15) is 0 Å². The average molecular weight is 315 g/mol. The summed E-state index contributed by atoms with van der Waals surface area (Å²) in [6, 6.07) is 8.98. The summed E-state index contributed by atoms with van der Waals surface area (Å²) in [5, 5.41) is 19.4. The van der Waals surface area contributed by atoms with Crippen LogP contribution in [0.1, 0.15) is 22.7 Å². The summed E-state index contributed by atoms with van der Waals surface area (Å²) in [4.78, 5) is 2.22. The topological polar surface area (TPSA) is 62.2 Å². The quantitative estimate of drug-likeness (QED) is 0.853. The maximum atomic E-state index is 9.83. The first-order valence-electron chi connectivity index (χ1n) is 7.52. The van der Waals surface area contributed by atoms with Crippen molar-refractivity contribution in [3.63, 3.8) is 0 Å². The molecule has 3 rings (SSSR count). The van der Waals surface area contributed by atoms with Crippen LogP contribution in [0.3, 0.4) is 0 Å². The number of methoxy groups -OCH3 is 2. The molecular formula is C18H21NO4. The van der Waals surface area contributed by atoms with Crippen molar-refractivity contribution in [1.82, 2.24) is 4.90 Å². The number of likely N-dealkylation sites (N-methyl/N-ethyl adjacent to an activating group) is 1. The maximum Gasteiger partial charge on any atom is 0.161 e. The third-order valence-electron chi connectivity index (χ3n) is 4.43. The van der Waals surface area contributed by atoms with Crippen molar-refractivity contribution in [3.8, 4) is 23.0 Å². The lowest BCUT2D eigenvalue weighted by Gasteiger charge is -2.35. The summed E-state index contributed by atoms with van der Waals surface area (Å²) in [6.45, 7) is 0.898. The number of phenols is 2. The van der Waals surface area contributed by atoms with E-state index in [2.05, 4.69) is 4.90 Å². The molecule has 0 fully saturated rings. The van der Waals surface area contributed by atoms with Gasteiger partial charge in [-0.25, -0.2) is 0 Å². The number of phenolic OH excluding ortho intramolecular Hbond substituents is 2. The van der Waals surface area contributed by atoms with Crippen molar-refractivity contribution in [2.45, 2.75) is 12.5 Å². The first-order valence-corrected chi connectivity index (χ1v) is 7.52. The standard InChI is InChI=1S/C18H21NO4/c1-19-7-6-11-9-16(22-2)17(23-3)10-13(11)18(19)12-4-5-14(20)15(21)8-12/h4-5,8-10,18,20-21H,6-7H2,1-3H3. The monoisotopic (exact) mass is 315 g/mol. The highest BCUT2D eigenvalue weighted by molar-refractivity contribution is 5.53. The molecule has 2 aromatic carbocycles. The van der Waals surface area contributed by atoms with E-state index in [9.17, 15) is 10.2 Å². The predicted octanol–water partition coefficient (Wildman–Crippen LogP) is 2.69. The number of hydrogen-bond donors (Lipinski definition) is 2. The van der Waals surface area contributed by atoms with Crippen molar-refractivity contribution in [3.05, 3.63) is 47.0 Å². The molecule has 0 saturated heterocycles. The lowest BCUT2D eigenvalue weighted by molar-refractivity contribution is 0.261. The number of rotatable bonds is 3. The van der Waals surface area contributed by atoms with Crippen LogP contribution in [-0.2, 0) is 6.42 Å². The zero-order chi connectivity index (χ0) is 16.6. The summed E-state index contributed by atoms with van der Waals surface area (Å²) in [5.74, 6) is 1.20. The highest BCUT2D eigenvalue weighted by Gasteiger charge is 2.28. The Morgan fingerprint density at radius 3 is 2.35 bits per heavy atom. The van der Waals surface area contributed by atoms with E-state index in [1.165, 1.54) is 11.6 Å². The average Bonchev–Trinajstić information content (AvgIpc) is 2.56. The number of hydrogen-bond acceptors (Lipinski definition) is 5. The second-order valence-corrected chi connectivity index (χ2v) is 5.79. The Kier molecular flexibility index (Phi) is 4.05. The molecule has 1 aliphatic rings. The van der Waals surface area contributed by atoms with E-state index < -0.39 is 0 Å². The van der Waals surface area contributed by atoms with Crippen LogP contribution in [0, 0.1) is 0 Å². The normalized spacial score (nSPS) is 17.6. The Bertz CT molecular complexity index is 729. The second-order valence-electron chi connectivity index (χ2n) is 5.79. The Hall–Kier alpha value is -2.40. The van der Waals surface area contributed by atoms with Crippen molar-refractivity contribution >= 4 is 0 Å². The van der Waals surface area contributed by atoms with Gasteiger partial charge in [0, 0.05) is 6.54 Å². The Labute approximate surface area is 135 Å². The molecule has 1 aliphatic heterocycles. The fourth-order valence-electron chi connectivity index (χ4n) is 3.22. The molecule has 0 saturated carbocycles. The SMILES string of the molecule is COc1cc2c(cc1OC)C(c1ccc(O)c(O)c1)N(C)CC2. The zero-order valence-electron chi connectivity index (χ0n) is 13.5. The van der Waals surface area contributed by atoms with Gasteiger partial charge in [0.15, 0.2) is 23.0 Å². The van der Waals surface area contributed by atoms with Gasteiger partial charge in [-0.1, -0.05) is 6.07 Å². The van der Waals surface area contributed by atoms with Gasteiger partial charge in [-0.15, -0.1) is 0 Å². The molecular weight excluding hydrogens is 294 g/mol. The highest BCUT2D eigenvalue weighted by atomic mass is 16.5. The minimum atomic E-state index is -0.111. The summed E-state index contributed by atoms with van der Waals surface area (Å²) < 4.78 is 10.8. The molecule has 0 spiro atoms. The van der Waals surface area contributed by atoms with Gasteiger partial charge in [-0.3, -0.25) is 4.90 Å². The number of fused-ring (bicyclic) bond motifs is 1. The van der Waals surface area contributed by atoms with Gasteiger partial charge in [-0.2, -0.15) is 0 Å². The minimum absolute atomic E-state index is 0.00921. The largest absolute Gasteiger partial charge is 0.504 e. The first kappa shape index (κ1) is 15.5. The Morgan fingerprint density at radius 2 is 1.70 bits per heavy atom. The third-order valence-corrected chi connectivity index (χ3v) is 4.43. The molecule has 23 heavy (non-hydrogen) atoms. The first-order chi connectivity index (χ1) is 11.0. The van der Waals surface area contributed by atoms with Crippen LogP contribution in [-0.4, -0.2) is 42.9 Å². The molecule has 0 bridgehead atoms. The molecule has 122 valence electrons. The molecule has 1 unspecified atom stereocenters.